The van der Waals surface area contributed by atoms with Crippen LogP contribution in [0.15, 0.2) is 0 Å². The van der Waals surface area contributed by atoms with Crippen molar-refractivity contribution in [3.8, 4) is 0 Å². The molecule has 1 saturated heterocycles. The van der Waals surface area contributed by atoms with Gasteiger partial charge in [0.1, 0.15) is 0 Å². The van der Waals surface area contributed by atoms with E-state index in [1.807, 2.05) is 7.05 Å². The minimum absolute atomic E-state index is 0.0465. The van der Waals surface area contributed by atoms with E-state index in [1.165, 1.54) is 0 Å². The van der Waals surface area contributed by atoms with E-state index in [0.717, 1.165) is 45.4 Å². The average Bonchev–Trinajstić information content (AvgIpc) is 2.43. The van der Waals surface area contributed by atoms with E-state index in [0.29, 0.717) is 18.9 Å². The van der Waals surface area contributed by atoms with Crippen molar-refractivity contribution < 1.29 is 19.4 Å². The fraction of sp³-hybridized carbons (Fsp3) is 0.857. The van der Waals surface area contributed by atoms with Crippen LogP contribution < -0.4 is 5.32 Å². The summed E-state index contributed by atoms with van der Waals surface area (Å²) in [5, 5.41) is 11.4. The summed E-state index contributed by atoms with van der Waals surface area (Å²) in [5.74, 6) is -0.222. The fourth-order valence-electron chi connectivity index (χ4n) is 2.31. The van der Waals surface area contributed by atoms with Crippen molar-refractivity contribution in [1.29, 1.82) is 0 Å². The molecule has 0 saturated carbocycles. The second kappa shape index (κ2) is 9.58. The van der Waals surface area contributed by atoms with Crippen molar-refractivity contribution in [2.24, 2.45) is 5.92 Å². The second-order valence-electron chi connectivity index (χ2n) is 5.37. The van der Waals surface area contributed by atoms with Gasteiger partial charge in [0.2, 0.25) is 0 Å². The maximum atomic E-state index is 11.8. The zero-order valence-corrected chi connectivity index (χ0v) is 12.3. The number of carboxylic acids is 1. The lowest BCUT2D eigenvalue weighted by atomic mass is 10.00. The minimum atomic E-state index is -0.759. The summed E-state index contributed by atoms with van der Waals surface area (Å²) in [6.07, 6.45) is 4.57. The number of carbonyl (C=O) groups excluding carboxylic acids is 1. The van der Waals surface area contributed by atoms with E-state index in [9.17, 15) is 9.59 Å². The van der Waals surface area contributed by atoms with Gasteiger partial charge in [-0.2, -0.15) is 0 Å². The quantitative estimate of drug-likeness (QED) is 0.666. The number of urea groups is 1. The summed E-state index contributed by atoms with van der Waals surface area (Å²) in [6.45, 7) is 2.97. The Hall–Kier alpha value is -1.30. The van der Waals surface area contributed by atoms with Gasteiger partial charge in [-0.3, -0.25) is 4.79 Å². The molecule has 20 heavy (non-hydrogen) atoms. The summed E-state index contributed by atoms with van der Waals surface area (Å²) in [5.41, 5.74) is 0. The molecule has 6 heteroatoms. The van der Waals surface area contributed by atoms with E-state index < -0.39 is 5.97 Å². The van der Waals surface area contributed by atoms with Gasteiger partial charge in [-0.1, -0.05) is 6.42 Å². The molecule has 0 spiro atoms. The van der Waals surface area contributed by atoms with Crippen LogP contribution in [0.25, 0.3) is 0 Å². The molecule has 1 fully saturated rings. The molecule has 6 nitrogen and oxygen atoms in total. The first-order valence-corrected chi connectivity index (χ1v) is 7.38. The van der Waals surface area contributed by atoms with Gasteiger partial charge in [0.15, 0.2) is 0 Å². The van der Waals surface area contributed by atoms with Gasteiger partial charge in [-0.25, -0.2) is 4.79 Å². The van der Waals surface area contributed by atoms with Gasteiger partial charge in [0.05, 0.1) is 0 Å². The average molecular weight is 286 g/mol. The normalized spacial score (nSPS) is 15.8. The highest BCUT2D eigenvalue weighted by Crippen LogP contribution is 2.15. The standard InChI is InChI=1S/C14H26N2O4/c1-16(11-12-6-9-20-10-7-12)14(19)15-8-4-2-3-5-13(17)18/h12H,2-11H2,1H3,(H,15,19)(H,17,18). The number of aliphatic carboxylic acids is 1. The van der Waals surface area contributed by atoms with E-state index in [2.05, 4.69) is 5.32 Å². The molecule has 2 amide bonds. The highest BCUT2D eigenvalue weighted by atomic mass is 16.5. The Morgan fingerprint density at radius 1 is 1.25 bits per heavy atom. The van der Waals surface area contributed by atoms with Crippen molar-refractivity contribution in [1.82, 2.24) is 10.2 Å². The fourth-order valence-corrected chi connectivity index (χ4v) is 2.31. The minimum Gasteiger partial charge on any atom is -0.481 e. The van der Waals surface area contributed by atoms with Crippen molar-refractivity contribution in [3.05, 3.63) is 0 Å². The van der Waals surface area contributed by atoms with Crippen LogP contribution in [0.5, 0.6) is 0 Å². The Balaban J connectivity index is 2.04. The van der Waals surface area contributed by atoms with E-state index in [4.69, 9.17) is 9.84 Å². The molecule has 2 N–H and O–H groups in total. The molecule has 0 aromatic carbocycles. The summed E-state index contributed by atoms with van der Waals surface area (Å²) in [4.78, 5) is 23.9. The summed E-state index contributed by atoms with van der Waals surface area (Å²) < 4.78 is 5.30. The summed E-state index contributed by atoms with van der Waals surface area (Å²) >= 11 is 0. The van der Waals surface area contributed by atoms with Gasteiger partial charge in [0, 0.05) is 39.8 Å². The number of nitrogens with zero attached hydrogens (tertiary/aromatic N) is 1. The summed E-state index contributed by atoms with van der Waals surface area (Å²) in [6, 6.07) is -0.0465. The lowest BCUT2D eigenvalue weighted by Gasteiger charge is -2.27. The molecule has 1 aliphatic rings. The molecule has 1 rings (SSSR count). The van der Waals surface area contributed by atoms with Crippen LogP contribution in [0.1, 0.15) is 38.5 Å². The molecule has 0 bridgehead atoms. The first kappa shape index (κ1) is 16.8. The molecule has 1 aliphatic heterocycles. The lowest BCUT2D eigenvalue weighted by molar-refractivity contribution is -0.137. The first-order valence-electron chi connectivity index (χ1n) is 7.38. The number of amides is 2. The highest BCUT2D eigenvalue weighted by Gasteiger charge is 2.18. The predicted octanol–water partition coefficient (Wildman–Crippen LogP) is 1.70. The molecule has 0 radical (unpaired) electrons. The van der Waals surface area contributed by atoms with E-state index in [-0.39, 0.29) is 12.5 Å². The monoisotopic (exact) mass is 286 g/mol. The van der Waals surface area contributed by atoms with E-state index >= 15 is 0 Å². The number of hydrogen-bond acceptors (Lipinski definition) is 3. The Morgan fingerprint density at radius 3 is 2.60 bits per heavy atom. The van der Waals surface area contributed by atoms with Crippen molar-refractivity contribution in [2.75, 3.05) is 33.4 Å². The predicted molar refractivity (Wildman–Crippen MR) is 75.7 cm³/mol. The Bertz CT molecular complexity index is 304. The highest BCUT2D eigenvalue weighted by molar-refractivity contribution is 5.73. The van der Waals surface area contributed by atoms with E-state index in [1.54, 1.807) is 4.90 Å². The smallest absolute Gasteiger partial charge is 0.317 e. The van der Waals surface area contributed by atoms with Gasteiger partial charge >= 0.3 is 12.0 Å². The number of rotatable bonds is 8. The number of unbranched alkanes of at least 4 members (excludes halogenated alkanes) is 2. The Labute approximate surface area is 120 Å². The molecule has 0 unspecified atom stereocenters. The second-order valence-corrected chi connectivity index (χ2v) is 5.37. The number of ether oxygens (including phenoxy) is 1. The number of carboxylic acid groups (broad SMARTS) is 1. The van der Waals surface area contributed by atoms with Crippen molar-refractivity contribution >= 4 is 12.0 Å². The van der Waals surface area contributed by atoms with Gasteiger partial charge < -0.3 is 20.1 Å². The third kappa shape index (κ3) is 7.33. The molecule has 0 atom stereocenters. The first-order chi connectivity index (χ1) is 9.59. The molecule has 116 valence electrons. The Kier molecular flexibility index (Phi) is 8.02. The Morgan fingerprint density at radius 2 is 1.95 bits per heavy atom. The van der Waals surface area contributed by atoms with Crippen LogP contribution >= 0.6 is 0 Å². The molecule has 0 aliphatic carbocycles. The van der Waals surface area contributed by atoms with Crippen LogP contribution in [-0.2, 0) is 9.53 Å². The number of nitrogens with one attached hydrogen (secondary N) is 1. The zero-order chi connectivity index (χ0) is 14.8. The van der Waals surface area contributed by atoms with Crippen LogP contribution in [0.4, 0.5) is 4.79 Å². The van der Waals surface area contributed by atoms with Crippen molar-refractivity contribution in [2.45, 2.75) is 38.5 Å². The number of hydrogen-bond donors (Lipinski definition) is 2. The van der Waals surface area contributed by atoms with Crippen LogP contribution in [0.3, 0.4) is 0 Å². The molecule has 0 aromatic rings. The van der Waals surface area contributed by atoms with Gasteiger partial charge in [-0.15, -0.1) is 0 Å². The zero-order valence-electron chi connectivity index (χ0n) is 12.3. The third-order valence-electron chi connectivity index (χ3n) is 3.56. The lowest BCUT2D eigenvalue weighted by Crippen LogP contribution is -2.41. The molecule has 0 aromatic heterocycles. The van der Waals surface area contributed by atoms with Crippen LogP contribution in [0, 0.1) is 5.92 Å². The maximum absolute atomic E-state index is 11.8. The van der Waals surface area contributed by atoms with Gasteiger partial charge in [0.25, 0.3) is 0 Å². The maximum Gasteiger partial charge on any atom is 0.317 e. The van der Waals surface area contributed by atoms with Crippen LogP contribution in [0.2, 0.25) is 0 Å². The van der Waals surface area contributed by atoms with Crippen LogP contribution in [-0.4, -0.2) is 55.4 Å². The summed E-state index contributed by atoms with van der Waals surface area (Å²) in [7, 11) is 1.81. The molecular weight excluding hydrogens is 260 g/mol. The SMILES string of the molecule is CN(CC1CCOCC1)C(=O)NCCCCCC(=O)O. The van der Waals surface area contributed by atoms with Crippen molar-refractivity contribution in [3.63, 3.8) is 0 Å². The number of carbonyl (C=O) groups is 2. The third-order valence-corrected chi connectivity index (χ3v) is 3.56. The molecule has 1 heterocycles. The largest absolute Gasteiger partial charge is 0.481 e. The topological polar surface area (TPSA) is 78.9 Å². The van der Waals surface area contributed by atoms with Gasteiger partial charge in [-0.05, 0) is 31.6 Å². The molecular formula is C14H26N2O4.